The van der Waals surface area contributed by atoms with E-state index in [1.165, 1.54) is 6.07 Å². The predicted octanol–water partition coefficient (Wildman–Crippen LogP) is 4.99. The molecule has 2 heterocycles. The molecular formula is C33H37FN6O2. The molecule has 1 saturated heterocycles. The first-order valence-electron chi connectivity index (χ1n) is 14.4. The van der Waals surface area contributed by atoms with Crippen molar-refractivity contribution in [2.24, 2.45) is 0 Å². The molecule has 0 radical (unpaired) electrons. The lowest BCUT2D eigenvalue weighted by Gasteiger charge is -2.26. The van der Waals surface area contributed by atoms with Crippen LogP contribution in [0, 0.1) is 24.6 Å². The highest BCUT2D eigenvalue weighted by molar-refractivity contribution is 6.04. The third-order valence-electron chi connectivity index (χ3n) is 7.97. The summed E-state index contributed by atoms with van der Waals surface area (Å²) in [5, 5.41) is 8.46. The first-order chi connectivity index (χ1) is 20.2. The van der Waals surface area contributed by atoms with Crippen LogP contribution in [0.1, 0.15) is 58.3 Å². The molecule has 1 aromatic heterocycles. The number of rotatable bonds is 7. The number of nitrogens with one attached hydrogen (secondary N) is 3. The first kappa shape index (κ1) is 29.2. The van der Waals surface area contributed by atoms with Crippen LogP contribution in [0.3, 0.4) is 0 Å². The van der Waals surface area contributed by atoms with Gasteiger partial charge in [0.1, 0.15) is 11.6 Å². The number of likely N-dealkylation sites (tertiary alicyclic amines) is 1. The highest BCUT2D eigenvalue weighted by atomic mass is 19.1. The highest BCUT2D eigenvalue weighted by Gasteiger charge is 2.24. The number of carbonyl (C=O) groups excluding carboxylic acids is 2. The summed E-state index contributed by atoms with van der Waals surface area (Å²) in [7, 11) is 4.15. The molecule has 5 rings (SSSR count). The largest absolute Gasteiger partial charge is 0.335 e. The number of aromatic nitrogens is 1. The summed E-state index contributed by atoms with van der Waals surface area (Å²) < 4.78 is 14.9. The Bertz CT molecular complexity index is 1510. The number of benzene rings is 2. The maximum atomic E-state index is 14.9. The van der Waals surface area contributed by atoms with Crippen molar-refractivity contribution in [3.8, 4) is 11.8 Å². The van der Waals surface area contributed by atoms with Crippen molar-refractivity contribution >= 4 is 23.4 Å². The van der Waals surface area contributed by atoms with Crippen molar-refractivity contribution in [2.45, 2.75) is 51.2 Å². The molecule has 2 aromatic carbocycles. The molecule has 9 heteroatoms. The van der Waals surface area contributed by atoms with Gasteiger partial charge in [-0.05, 0) is 88.7 Å². The van der Waals surface area contributed by atoms with Gasteiger partial charge in [0, 0.05) is 65.9 Å². The third-order valence-corrected chi connectivity index (χ3v) is 7.97. The Morgan fingerprint density at radius 2 is 1.88 bits per heavy atom. The molecule has 0 spiro atoms. The zero-order valence-electron chi connectivity index (χ0n) is 24.3. The summed E-state index contributed by atoms with van der Waals surface area (Å²) in [6, 6.07) is 14.1. The lowest BCUT2D eigenvalue weighted by molar-refractivity contribution is 0.102. The number of nitrogens with zero attached hydrogens (tertiary/aromatic N) is 3. The predicted molar refractivity (Wildman–Crippen MR) is 163 cm³/mol. The van der Waals surface area contributed by atoms with E-state index in [2.05, 4.69) is 56.7 Å². The van der Waals surface area contributed by atoms with Gasteiger partial charge >= 0.3 is 6.03 Å². The fraction of sp³-hybridized carbons (Fsp3) is 0.364. The minimum atomic E-state index is -0.337. The number of halogens is 1. The summed E-state index contributed by atoms with van der Waals surface area (Å²) >= 11 is 0. The van der Waals surface area contributed by atoms with E-state index in [1.807, 2.05) is 13.0 Å². The van der Waals surface area contributed by atoms with Crippen molar-refractivity contribution in [2.75, 3.05) is 37.8 Å². The standard InChI is InChI=1S/C33H37FN6O2/c1-22-7-10-25(17-24(22)11-8-23-9-14-31(35-19-23)38-33(42)37-27-5-4-6-27)32(41)36-28-13-12-26(30(34)18-28)20-40-16-15-29(21-40)39(2)3/h7,9-10,12-14,17-19,27,29H,4-6,15-16,20-21H2,1-3H3,(H,36,41)(H2,35,37,38,42). The fourth-order valence-corrected chi connectivity index (χ4v) is 5.04. The van der Waals surface area contributed by atoms with E-state index in [9.17, 15) is 14.0 Å². The van der Waals surface area contributed by atoms with Gasteiger partial charge in [-0.3, -0.25) is 15.0 Å². The molecule has 2 aliphatic rings. The van der Waals surface area contributed by atoms with Crippen molar-refractivity contribution < 1.29 is 14.0 Å². The van der Waals surface area contributed by atoms with Crippen LogP contribution in [0.4, 0.5) is 20.7 Å². The molecule has 1 saturated carbocycles. The minimum Gasteiger partial charge on any atom is -0.335 e. The zero-order valence-corrected chi connectivity index (χ0v) is 24.3. The second-order valence-corrected chi connectivity index (χ2v) is 11.3. The summed E-state index contributed by atoms with van der Waals surface area (Å²) in [6.07, 6.45) is 5.85. The Hall–Kier alpha value is -4.26. The molecule has 42 heavy (non-hydrogen) atoms. The SMILES string of the molecule is Cc1ccc(C(=O)Nc2ccc(CN3CCC(N(C)C)C3)c(F)c2)cc1C#Cc1ccc(NC(=O)NC2CCC2)nc1. The Kier molecular flexibility index (Phi) is 9.15. The zero-order chi connectivity index (χ0) is 29.6. The number of likely N-dealkylation sites (N-methyl/N-ethyl adjacent to an activating group) is 1. The number of anilines is 2. The second kappa shape index (κ2) is 13.1. The summed E-state index contributed by atoms with van der Waals surface area (Å²) in [5.74, 6) is 5.97. The highest BCUT2D eigenvalue weighted by Crippen LogP contribution is 2.22. The van der Waals surface area contributed by atoms with Gasteiger partial charge in [-0.2, -0.15) is 0 Å². The molecule has 1 aliphatic carbocycles. The molecule has 218 valence electrons. The number of hydrogen-bond acceptors (Lipinski definition) is 5. The van der Waals surface area contributed by atoms with E-state index in [0.717, 1.165) is 44.3 Å². The van der Waals surface area contributed by atoms with Crippen LogP contribution in [0.25, 0.3) is 0 Å². The average Bonchev–Trinajstić information content (AvgIpc) is 3.42. The van der Waals surface area contributed by atoms with Crippen LogP contribution in [0.2, 0.25) is 0 Å². The maximum Gasteiger partial charge on any atom is 0.320 e. The molecule has 3 aromatic rings. The summed E-state index contributed by atoms with van der Waals surface area (Å²) in [6.45, 7) is 4.33. The van der Waals surface area contributed by atoms with Gasteiger partial charge in [0.2, 0.25) is 0 Å². The van der Waals surface area contributed by atoms with E-state index in [-0.39, 0.29) is 23.8 Å². The van der Waals surface area contributed by atoms with Gasteiger partial charge in [-0.1, -0.05) is 24.0 Å². The molecule has 1 atom stereocenters. The van der Waals surface area contributed by atoms with E-state index >= 15 is 0 Å². The lowest BCUT2D eigenvalue weighted by Crippen LogP contribution is -2.41. The number of urea groups is 1. The minimum absolute atomic E-state index is 0.249. The Balaban J connectivity index is 1.19. The van der Waals surface area contributed by atoms with Gasteiger partial charge in [0.15, 0.2) is 0 Å². The van der Waals surface area contributed by atoms with Gasteiger partial charge in [0.05, 0.1) is 0 Å². The Morgan fingerprint density at radius 3 is 2.55 bits per heavy atom. The molecule has 3 N–H and O–H groups in total. The number of hydrogen-bond donors (Lipinski definition) is 3. The Labute approximate surface area is 246 Å². The quantitative estimate of drug-likeness (QED) is 0.350. The monoisotopic (exact) mass is 568 g/mol. The second-order valence-electron chi connectivity index (χ2n) is 11.3. The molecule has 1 unspecified atom stereocenters. The molecular weight excluding hydrogens is 531 g/mol. The molecule has 2 fully saturated rings. The average molecular weight is 569 g/mol. The molecule has 3 amide bonds. The van der Waals surface area contributed by atoms with E-state index in [1.54, 1.807) is 42.6 Å². The summed E-state index contributed by atoms with van der Waals surface area (Å²) in [4.78, 5) is 33.8. The number of pyridine rings is 1. The Morgan fingerprint density at radius 1 is 1.05 bits per heavy atom. The van der Waals surface area contributed by atoms with Crippen LogP contribution in [0.15, 0.2) is 54.7 Å². The normalized spacial score (nSPS) is 16.8. The first-order valence-corrected chi connectivity index (χ1v) is 14.4. The van der Waals surface area contributed by atoms with Gasteiger partial charge in [-0.15, -0.1) is 0 Å². The molecule has 1 aliphatic heterocycles. The van der Waals surface area contributed by atoms with E-state index < -0.39 is 0 Å². The fourth-order valence-electron chi connectivity index (χ4n) is 5.04. The van der Waals surface area contributed by atoms with Crippen molar-refractivity contribution in [1.29, 1.82) is 0 Å². The lowest BCUT2D eigenvalue weighted by atomic mass is 9.93. The topological polar surface area (TPSA) is 89.6 Å². The van der Waals surface area contributed by atoms with E-state index in [4.69, 9.17) is 0 Å². The maximum absolute atomic E-state index is 14.9. The van der Waals surface area contributed by atoms with E-state index in [0.29, 0.717) is 46.3 Å². The van der Waals surface area contributed by atoms with Crippen molar-refractivity contribution in [3.05, 3.63) is 88.4 Å². The van der Waals surface area contributed by atoms with Gasteiger partial charge in [-0.25, -0.2) is 14.2 Å². The summed E-state index contributed by atoms with van der Waals surface area (Å²) in [5.41, 5.74) is 3.76. The van der Waals surface area contributed by atoms with Crippen molar-refractivity contribution in [1.82, 2.24) is 20.1 Å². The number of amides is 3. The van der Waals surface area contributed by atoms with Crippen molar-refractivity contribution in [3.63, 3.8) is 0 Å². The van der Waals surface area contributed by atoms with Gasteiger partial charge < -0.3 is 15.5 Å². The number of carbonyl (C=O) groups is 2. The van der Waals surface area contributed by atoms with Crippen LogP contribution in [0.5, 0.6) is 0 Å². The van der Waals surface area contributed by atoms with Crippen LogP contribution in [-0.2, 0) is 6.54 Å². The molecule has 0 bridgehead atoms. The smallest absolute Gasteiger partial charge is 0.320 e. The van der Waals surface area contributed by atoms with Gasteiger partial charge in [0.25, 0.3) is 5.91 Å². The molecule has 8 nitrogen and oxygen atoms in total. The van der Waals surface area contributed by atoms with Crippen LogP contribution < -0.4 is 16.0 Å². The number of aryl methyl sites for hydroxylation is 1. The van der Waals surface area contributed by atoms with Crippen LogP contribution >= 0.6 is 0 Å². The third kappa shape index (κ3) is 7.52. The van der Waals surface area contributed by atoms with Crippen LogP contribution in [-0.4, -0.2) is 66.0 Å².